The second-order valence-electron chi connectivity index (χ2n) is 4.25. The molecule has 0 unspecified atom stereocenters. The molecule has 0 aliphatic carbocycles. The third-order valence-electron chi connectivity index (χ3n) is 2.95. The molecule has 1 saturated heterocycles. The summed E-state index contributed by atoms with van der Waals surface area (Å²) in [6.45, 7) is -0.153. The lowest BCUT2D eigenvalue weighted by Gasteiger charge is -2.21. The summed E-state index contributed by atoms with van der Waals surface area (Å²) in [5.74, 6) is 0. The van der Waals surface area contributed by atoms with E-state index < -0.39 is 16.7 Å². The van der Waals surface area contributed by atoms with Crippen LogP contribution in [-0.4, -0.2) is 41.7 Å². The van der Waals surface area contributed by atoms with Crippen LogP contribution in [0.15, 0.2) is 12.7 Å². The van der Waals surface area contributed by atoms with Crippen LogP contribution in [0, 0.1) is 0 Å². The zero-order valence-electron chi connectivity index (χ0n) is 9.50. The molecule has 19 heavy (non-hydrogen) atoms. The van der Waals surface area contributed by atoms with Gasteiger partial charge in [0.2, 0.25) is 0 Å². The van der Waals surface area contributed by atoms with E-state index in [1.807, 2.05) is 0 Å². The Kier molecular flexibility index (Phi) is 3.31. The van der Waals surface area contributed by atoms with Crippen molar-refractivity contribution in [3.05, 3.63) is 17.8 Å². The van der Waals surface area contributed by atoms with Crippen molar-refractivity contribution >= 4 is 46.0 Å². The molecular formula is C10H9Cl3N4O2. The SMILES string of the molecule is OC[C@@H]1CC(Cl)(Cl)[C@H](n2cnc3c(Cl)ncnc32)O1. The first kappa shape index (κ1) is 13.3. The Morgan fingerprint density at radius 3 is 2.89 bits per heavy atom. The summed E-state index contributed by atoms with van der Waals surface area (Å²) in [5.41, 5.74) is 0.929. The minimum absolute atomic E-state index is 0.153. The van der Waals surface area contributed by atoms with E-state index in [1.54, 1.807) is 4.57 Å². The second-order valence-corrected chi connectivity index (χ2v) is 6.15. The van der Waals surface area contributed by atoms with E-state index in [9.17, 15) is 0 Å². The fourth-order valence-electron chi connectivity index (χ4n) is 2.11. The molecule has 3 rings (SSSR count). The van der Waals surface area contributed by atoms with Gasteiger partial charge in [-0.3, -0.25) is 4.57 Å². The van der Waals surface area contributed by atoms with Crippen molar-refractivity contribution in [3.63, 3.8) is 0 Å². The quantitative estimate of drug-likeness (QED) is 0.675. The van der Waals surface area contributed by atoms with Crippen LogP contribution in [-0.2, 0) is 4.74 Å². The number of aromatic nitrogens is 4. The van der Waals surface area contributed by atoms with Gasteiger partial charge >= 0.3 is 0 Å². The van der Waals surface area contributed by atoms with Crippen LogP contribution in [0.2, 0.25) is 5.15 Å². The van der Waals surface area contributed by atoms with Crippen molar-refractivity contribution in [1.29, 1.82) is 0 Å². The Balaban J connectivity index is 2.07. The van der Waals surface area contributed by atoms with E-state index in [2.05, 4.69) is 15.0 Å². The van der Waals surface area contributed by atoms with E-state index in [-0.39, 0.29) is 11.8 Å². The van der Waals surface area contributed by atoms with E-state index in [4.69, 9.17) is 44.6 Å². The highest BCUT2D eigenvalue weighted by molar-refractivity contribution is 6.48. The number of hydrogen-bond acceptors (Lipinski definition) is 5. The van der Waals surface area contributed by atoms with Gasteiger partial charge in [0.15, 0.2) is 21.4 Å². The highest BCUT2D eigenvalue weighted by atomic mass is 35.5. The number of nitrogens with zero attached hydrogens (tertiary/aromatic N) is 4. The summed E-state index contributed by atoms with van der Waals surface area (Å²) >= 11 is 18.4. The molecule has 0 spiro atoms. The summed E-state index contributed by atoms with van der Waals surface area (Å²) in [6.07, 6.45) is 2.02. The Morgan fingerprint density at radius 2 is 2.21 bits per heavy atom. The van der Waals surface area contributed by atoms with Crippen molar-refractivity contribution in [2.24, 2.45) is 0 Å². The number of fused-ring (bicyclic) bond motifs is 1. The van der Waals surface area contributed by atoms with Crippen LogP contribution in [0.3, 0.4) is 0 Å². The molecule has 1 fully saturated rings. The molecule has 2 atom stereocenters. The molecule has 1 aliphatic rings. The molecule has 0 bridgehead atoms. The zero-order valence-corrected chi connectivity index (χ0v) is 11.8. The first-order valence-electron chi connectivity index (χ1n) is 5.50. The first-order chi connectivity index (χ1) is 9.03. The number of ether oxygens (including phenoxy) is 1. The van der Waals surface area contributed by atoms with Gasteiger partial charge in [-0.05, 0) is 0 Å². The number of alkyl halides is 2. The normalized spacial score (nSPS) is 26.1. The fraction of sp³-hybridized carbons (Fsp3) is 0.500. The number of imidazole rings is 1. The summed E-state index contributed by atoms with van der Waals surface area (Å²) < 4.78 is 6.05. The molecule has 0 amide bonds. The molecule has 2 aromatic heterocycles. The minimum atomic E-state index is -1.17. The Hall–Kier alpha value is -0.660. The van der Waals surface area contributed by atoms with Gasteiger partial charge in [0.25, 0.3) is 0 Å². The second kappa shape index (κ2) is 4.71. The van der Waals surface area contributed by atoms with Crippen LogP contribution in [0.5, 0.6) is 0 Å². The third kappa shape index (κ3) is 2.17. The van der Waals surface area contributed by atoms with Crippen LogP contribution in [0.1, 0.15) is 12.6 Å². The van der Waals surface area contributed by atoms with Crippen molar-refractivity contribution in [1.82, 2.24) is 19.5 Å². The number of aliphatic hydroxyl groups excluding tert-OH is 1. The number of rotatable bonds is 2. The molecule has 1 N–H and O–H groups in total. The van der Waals surface area contributed by atoms with Gasteiger partial charge in [0.05, 0.1) is 19.0 Å². The lowest BCUT2D eigenvalue weighted by molar-refractivity contribution is -0.0223. The van der Waals surface area contributed by atoms with Crippen molar-refractivity contribution in [3.8, 4) is 0 Å². The van der Waals surface area contributed by atoms with Gasteiger partial charge in [0.1, 0.15) is 11.8 Å². The molecule has 0 aromatic carbocycles. The number of aliphatic hydroxyl groups is 1. The van der Waals surface area contributed by atoms with E-state index in [1.165, 1.54) is 12.7 Å². The Morgan fingerprint density at radius 1 is 1.42 bits per heavy atom. The predicted octanol–water partition coefficient (Wildman–Crippen LogP) is 1.93. The van der Waals surface area contributed by atoms with Gasteiger partial charge in [-0.25, -0.2) is 15.0 Å². The summed E-state index contributed by atoms with van der Waals surface area (Å²) in [5, 5.41) is 9.40. The minimum Gasteiger partial charge on any atom is -0.394 e. The van der Waals surface area contributed by atoms with Gasteiger partial charge in [-0.15, -0.1) is 0 Å². The highest BCUT2D eigenvalue weighted by Gasteiger charge is 2.47. The molecule has 102 valence electrons. The Labute approximate surface area is 123 Å². The van der Waals surface area contributed by atoms with Crippen LogP contribution in [0.25, 0.3) is 11.2 Å². The molecule has 6 nitrogen and oxygen atoms in total. The summed E-state index contributed by atoms with van der Waals surface area (Å²) in [4.78, 5) is 12.1. The van der Waals surface area contributed by atoms with Gasteiger partial charge in [0, 0.05) is 6.42 Å². The molecule has 2 aromatic rings. The van der Waals surface area contributed by atoms with E-state index in [0.717, 1.165) is 0 Å². The lowest BCUT2D eigenvalue weighted by atomic mass is 10.2. The topological polar surface area (TPSA) is 73.1 Å². The molecular weight excluding hydrogens is 314 g/mol. The summed E-state index contributed by atoms with van der Waals surface area (Å²) in [6, 6.07) is 0. The molecule has 0 saturated carbocycles. The first-order valence-corrected chi connectivity index (χ1v) is 6.63. The van der Waals surface area contributed by atoms with Crippen LogP contribution in [0.4, 0.5) is 0 Å². The van der Waals surface area contributed by atoms with Crippen molar-refractivity contribution in [2.45, 2.75) is 23.1 Å². The lowest BCUT2D eigenvalue weighted by Crippen LogP contribution is -2.23. The number of hydrogen-bond donors (Lipinski definition) is 1. The molecule has 0 radical (unpaired) electrons. The third-order valence-corrected chi connectivity index (χ3v) is 3.91. The molecule has 3 heterocycles. The average Bonchev–Trinajstić information content (AvgIpc) is 2.90. The monoisotopic (exact) mass is 322 g/mol. The average molecular weight is 324 g/mol. The van der Waals surface area contributed by atoms with Gasteiger partial charge in [-0.2, -0.15) is 0 Å². The summed E-state index contributed by atoms with van der Waals surface area (Å²) in [7, 11) is 0. The molecule has 9 heteroatoms. The Bertz CT molecular complexity index is 618. The zero-order chi connectivity index (χ0) is 13.6. The standard InChI is InChI=1S/C10H9Cl3N4O2/c11-7-6-8(15-3-14-7)17(4-16-6)9-10(12,13)1-5(2-18)19-9/h3-5,9,18H,1-2H2/t5-,9+/m0/s1. The maximum Gasteiger partial charge on any atom is 0.170 e. The van der Waals surface area contributed by atoms with E-state index in [0.29, 0.717) is 17.6 Å². The van der Waals surface area contributed by atoms with Crippen molar-refractivity contribution < 1.29 is 9.84 Å². The maximum absolute atomic E-state index is 9.16. The van der Waals surface area contributed by atoms with Crippen molar-refractivity contribution in [2.75, 3.05) is 6.61 Å². The van der Waals surface area contributed by atoms with Gasteiger partial charge < -0.3 is 9.84 Å². The fourth-order valence-corrected chi connectivity index (χ4v) is 2.94. The van der Waals surface area contributed by atoms with Gasteiger partial charge in [-0.1, -0.05) is 34.8 Å². The van der Waals surface area contributed by atoms with E-state index >= 15 is 0 Å². The highest BCUT2D eigenvalue weighted by Crippen LogP contribution is 2.47. The molecule has 1 aliphatic heterocycles. The smallest absolute Gasteiger partial charge is 0.170 e. The largest absolute Gasteiger partial charge is 0.394 e. The van der Waals surface area contributed by atoms with Crippen LogP contribution < -0.4 is 0 Å². The van der Waals surface area contributed by atoms with Crippen LogP contribution >= 0.6 is 34.8 Å². The number of halogens is 3. The maximum atomic E-state index is 9.16. The predicted molar refractivity (Wildman–Crippen MR) is 70.4 cm³/mol.